The molecule has 1 saturated carbocycles. The van der Waals surface area contributed by atoms with Gasteiger partial charge in [-0.25, -0.2) is 0 Å². The molecule has 0 radical (unpaired) electrons. The Morgan fingerprint density at radius 2 is 1.83 bits per heavy atom. The van der Waals surface area contributed by atoms with E-state index in [1.165, 1.54) is 0 Å². The van der Waals surface area contributed by atoms with Gasteiger partial charge in [0.05, 0.1) is 6.10 Å². The molecule has 1 amide bonds. The van der Waals surface area contributed by atoms with Crippen molar-refractivity contribution in [3.05, 3.63) is 35.9 Å². The zero-order valence-corrected chi connectivity index (χ0v) is 12.7. The number of rotatable bonds is 6. The molecule has 1 unspecified atom stereocenters. The number of hydrogen-bond donors (Lipinski definition) is 2. The molecule has 1 aromatic rings. The SMILES string of the molecule is NC(=O)C(NC1CCC(OCC(F)(F)F)CC1)c1ccccc1. The van der Waals surface area contributed by atoms with Crippen LogP contribution in [0.1, 0.15) is 37.3 Å². The van der Waals surface area contributed by atoms with Gasteiger partial charge >= 0.3 is 6.18 Å². The maximum absolute atomic E-state index is 12.1. The van der Waals surface area contributed by atoms with Crippen LogP contribution >= 0.6 is 0 Å². The normalized spacial score (nSPS) is 23.4. The van der Waals surface area contributed by atoms with Crippen LogP contribution in [-0.2, 0) is 9.53 Å². The quantitative estimate of drug-likeness (QED) is 0.843. The molecule has 0 saturated heterocycles. The van der Waals surface area contributed by atoms with Crippen LogP contribution in [0.5, 0.6) is 0 Å². The summed E-state index contributed by atoms with van der Waals surface area (Å²) < 4.78 is 41.3. The van der Waals surface area contributed by atoms with E-state index < -0.39 is 24.7 Å². The van der Waals surface area contributed by atoms with Gasteiger partial charge in [0.1, 0.15) is 12.6 Å². The third kappa shape index (κ3) is 5.84. The zero-order valence-electron chi connectivity index (χ0n) is 12.7. The Morgan fingerprint density at radius 1 is 1.22 bits per heavy atom. The number of halogens is 3. The Hall–Kier alpha value is -1.60. The molecule has 1 fully saturated rings. The highest BCUT2D eigenvalue weighted by Crippen LogP contribution is 2.26. The first-order valence-electron chi connectivity index (χ1n) is 7.64. The fraction of sp³-hybridized carbons (Fsp3) is 0.562. The summed E-state index contributed by atoms with van der Waals surface area (Å²) >= 11 is 0. The summed E-state index contributed by atoms with van der Waals surface area (Å²) in [5, 5.41) is 3.21. The van der Waals surface area contributed by atoms with Crippen LogP contribution in [0, 0.1) is 0 Å². The number of alkyl halides is 3. The summed E-state index contributed by atoms with van der Waals surface area (Å²) in [6, 6.07) is 8.60. The first-order valence-corrected chi connectivity index (χ1v) is 7.64. The minimum absolute atomic E-state index is 0.0402. The lowest BCUT2D eigenvalue weighted by atomic mass is 9.91. The van der Waals surface area contributed by atoms with Crippen molar-refractivity contribution >= 4 is 5.91 Å². The number of ether oxygens (including phenoxy) is 1. The third-order valence-electron chi connectivity index (χ3n) is 3.98. The molecule has 128 valence electrons. The summed E-state index contributed by atoms with van der Waals surface area (Å²) in [6.07, 6.45) is -2.29. The van der Waals surface area contributed by atoms with Crippen molar-refractivity contribution in [2.45, 2.75) is 50.0 Å². The molecule has 1 aliphatic carbocycles. The van der Waals surface area contributed by atoms with Crippen LogP contribution in [0.15, 0.2) is 30.3 Å². The van der Waals surface area contributed by atoms with Gasteiger partial charge in [0.2, 0.25) is 5.91 Å². The summed E-state index contributed by atoms with van der Waals surface area (Å²) in [6.45, 7) is -1.20. The Bertz CT molecular complexity index is 500. The second-order valence-electron chi connectivity index (χ2n) is 5.81. The number of nitrogens with one attached hydrogen (secondary N) is 1. The van der Waals surface area contributed by atoms with Gasteiger partial charge in [0.25, 0.3) is 0 Å². The third-order valence-corrected chi connectivity index (χ3v) is 3.98. The molecule has 7 heteroatoms. The standard InChI is InChI=1S/C16H21F3N2O2/c17-16(18,19)10-23-13-8-6-12(7-9-13)21-14(15(20)22)11-4-2-1-3-5-11/h1-5,12-14,21H,6-10H2,(H2,20,22). The predicted molar refractivity (Wildman–Crippen MR) is 79.6 cm³/mol. The van der Waals surface area contributed by atoms with E-state index in [0.717, 1.165) is 5.56 Å². The first kappa shape index (κ1) is 17.7. The van der Waals surface area contributed by atoms with Gasteiger partial charge in [0, 0.05) is 6.04 Å². The highest BCUT2D eigenvalue weighted by molar-refractivity contribution is 5.81. The van der Waals surface area contributed by atoms with Gasteiger partial charge in [-0.3, -0.25) is 10.1 Å². The largest absolute Gasteiger partial charge is 0.411 e. The smallest absolute Gasteiger partial charge is 0.369 e. The maximum atomic E-state index is 12.1. The van der Waals surface area contributed by atoms with Crippen LogP contribution in [0.2, 0.25) is 0 Å². The number of nitrogens with two attached hydrogens (primary N) is 1. The van der Waals surface area contributed by atoms with Crippen LogP contribution < -0.4 is 11.1 Å². The first-order chi connectivity index (χ1) is 10.8. The number of carbonyl (C=O) groups is 1. The Balaban J connectivity index is 1.84. The van der Waals surface area contributed by atoms with Gasteiger partial charge in [-0.05, 0) is 31.2 Å². The number of benzene rings is 1. The molecule has 0 heterocycles. The lowest BCUT2D eigenvalue weighted by Gasteiger charge is -2.31. The Morgan fingerprint density at radius 3 is 2.35 bits per heavy atom. The molecule has 1 aromatic carbocycles. The zero-order chi connectivity index (χ0) is 16.9. The molecular weight excluding hydrogens is 309 g/mol. The maximum Gasteiger partial charge on any atom is 0.411 e. The second-order valence-corrected chi connectivity index (χ2v) is 5.81. The predicted octanol–water partition coefficient (Wildman–Crippen LogP) is 2.69. The van der Waals surface area contributed by atoms with Gasteiger partial charge in [0.15, 0.2) is 0 Å². The van der Waals surface area contributed by atoms with E-state index in [2.05, 4.69) is 5.32 Å². The number of hydrogen-bond acceptors (Lipinski definition) is 3. The summed E-state index contributed by atoms with van der Waals surface area (Å²) in [7, 11) is 0. The lowest BCUT2D eigenvalue weighted by Crippen LogP contribution is -2.42. The van der Waals surface area contributed by atoms with Crippen LogP contribution in [-0.4, -0.2) is 30.8 Å². The molecule has 23 heavy (non-hydrogen) atoms. The van der Waals surface area contributed by atoms with Crippen molar-refractivity contribution < 1.29 is 22.7 Å². The molecule has 1 atom stereocenters. The van der Waals surface area contributed by atoms with E-state index in [4.69, 9.17) is 10.5 Å². The van der Waals surface area contributed by atoms with Crippen LogP contribution in [0.25, 0.3) is 0 Å². The highest BCUT2D eigenvalue weighted by Gasteiger charge is 2.31. The summed E-state index contributed by atoms with van der Waals surface area (Å²) in [4.78, 5) is 11.7. The molecule has 4 nitrogen and oxygen atoms in total. The van der Waals surface area contributed by atoms with Crippen molar-refractivity contribution in [3.63, 3.8) is 0 Å². The molecule has 0 bridgehead atoms. The topological polar surface area (TPSA) is 64.4 Å². The molecule has 0 aromatic heterocycles. The van der Waals surface area contributed by atoms with Gasteiger partial charge in [-0.2, -0.15) is 13.2 Å². The van der Waals surface area contributed by atoms with Gasteiger partial charge < -0.3 is 10.5 Å². The molecule has 1 aliphatic rings. The van der Waals surface area contributed by atoms with E-state index in [9.17, 15) is 18.0 Å². The Kier molecular flexibility index (Phi) is 6.01. The number of carbonyl (C=O) groups excluding carboxylic acids is 1. The minimum atomic E-state index is -4.29. The summed E-state index contributed by atoms with van der Waals surface area (Å²) in [5.41, 5.74) is 6.25. The highest BCUT2D eigenvalue weighted by atomic mass is 19.4. The number of amides is 1. The average molecular weight is 330 g/mol. The van der Waals surface area contributed by atoms with E-state index in [1.807, 2.05) is 30.3 Å². The molecule has 3 N–H and O–H groups in total. The van der Waals surface area contributed by atoms with E-state index in [0.29, 0.717) is 25.7 Å². The minimum Gasteiger partial charge on any atom is -0.369 e. The van der Waals surface area contributed by atoms with E-state index in [-0.39, 0.29) is 12.1 Å². The van der Waals surface area contributed by atoms with Crippen LogP contribution in [0.3, 0.4) is 0 Å². The van der Waals surface area contributed by atoms with Crippen LogP contribution in [0.4, 0.5) is 13.2 Å². The number of primary amides is 1. The van der Waals surface area contributed by atoms with Gasteiger partial charge in [-0.1, -0.05) is 30.3 Å². The fourth-order valence-corrected chi connectivity index (χ4v) is 2.83. The summed E-state index contributed by atoms with van der Waals surface area (Å²) in [5.74, 6) is -0.466. The molecular formula is C16H21F3N2O2. The van der Waals surface area contributed by atoms with Crippen molar-refractivity contribution in [1.29, 1.82) is 0 Å². The van der Waals surface area contributed by atoms with Crippen molar-refractivity contribution in [2.24, 2.45) is 5.73 Å². The fourth-order valence-electron chi connectivity index (χ4n) is 2.83. The molecule has 2 rings (SSSR count). The Labute approximate surface area is 133 Å². The van der Waals surface area contributed by atoms with Crippen molar-refractivity contribution in [1.82, 2.24) is 5.32 Å². The lowest BCUT2D eigenvalue weighted by molar-refractivity contribution is -0.188. The molecule has 0 spiro atoms. The van der Waals surface area contributed by atoms with Gasteiger partial charge in [-0.15, -0.1) is 0 Å². The van der Waals surface area contributed by atoms with E-state index in [1.54, 1.807) is 0 Å². The average Bonchev–Trinajstić information content (AvgIpc) is 2.51. The van der Waals surface area contributed by atoms with Crippen molar-refractivity contribution in [2.75, 3.05) is 6.61 Å². The van der Waals surface area contributed by atoms with E-state index >= 15 is 0 Å². The van der Waals surface area contributed by atoms with Crippen molar-refractivity contribution in [3.8, 4) is 0 Å². The molecule has 0 aliphatic heterocycles. The second kappa shape index (κ2) is 7.79. The monoisotopic (exact) mass is 330 g/mol.